The molecular weight excluding hydrogens is 335 g/mol. The summed E-state index contributed by atoms with van der Waals surface area (Å²) in [5, 5.41) is 5.26. The molecule has 1 aromatic carbocycles. The molecule has 2 aromatic rings. The number of rotatable bonds is 5. The number of aryl methyl sites for hydroxylation is 2. The molecule has 2 amide bonds. The maximum Gasteiger partial charge on any atom is 0.422 e. The SMILES string of the molecule is Cc1ccc(CNC(=O)Nc2ccc(OCC(F)(F)F)nc2)c(C)c1. The topological polar surface area (TPSA) is 63.2 Å². The number of nitrogens with one attached hydrogen (secondary N) is 2. The molecule has 1 aromatic heterocycles. The number of hydrogen-bond acceptors (Lipinski definition) is 3. The number of hydrogen-bond donors (Lipinski definition) is 2. The van der Waals surface area contributed by atoms with Crippen LogP contribution in [0.3, 0.4) is 0 Å². The van der Waals surface area contributed by atoms with Gasteiger partial charge in [-0.2, -0.15) is 13.2 Å². The van der Waals surface area contributed by atoms with Crippen LogP contribution in [0.4, 0.5) is 23.7 Å². The van der Waals surface area contributed by atoms with E-state index in [-0.39, 0.29) is 5.88 Å². The van der Waals surface area contributed by atoms with Crippen molar-refractivity contribution in [3.63, 3.8) is 0 Å². The van der Waals surface area contributed by atoms with Gasteiger partial charge in [-0.1, -0.05) is 23.8 Å². The lowest BCUT2D eigenvalue weighted by atomic mass is 10.1. The zero-order valence-corrected chi connectivity index (χ0v) is 13.8. The minimum Gasteiger partial charge on any atom is -0.468 e. The Labute approximate surface area is 143 Å². The fraction of sp³-hybridized carbons (Fsp3) is 0.294. The molecule has 0 aliphatic carbocycles. The lowest BCUT2D eigenvalue weighted by Gasteiger charge is -2.11. The average Bonchev–Trinajstić information content (AvgIpc) is 2.52. The van der Waals surface area contributed by atoms with Crippen molar-refractivity contribution in [3.8, 4) is 5.88 Å². The molecule has 0 aliphatic rings. The van der Waals surface area contributed by atoms with E-state index in [2.05, 4.69) is 20.4 Å². The molecule has 0 unspecified atom stereocenters. The van der Waals surface area contributed by atoms with Gasteiger partial charge in [0.2, 0.25) is 5.88 Å². The third-order valence-electron chi connectivity index (χ3n) is 3.32. The Morgan fingerprint density at radius 1 is 1.20 bits per heavy atom. The van der Waals surface area contributed by atoms with Crippen LogP contribution < -0.4 is 15.4 Å². The van der Waals surface area contributed by atoms with Gasteiger partial charge in [0.05, 0.1) is 11.9 Å². The van der Waals surface area contributed by atoms with Crippen molar-refractivity contribution in [1.29, 1.82) is 0 Å². The second kappa shape index (κ2) is 7.87. The Bertz CT molecular complexity index is 731. The lowest BCUT2D eigenvalue weighted by molar-refractivity contribution is -0.154. The number of amides is 2. The van der Waals surface area contributed by atoms with Crippen LogP contribution in [0.25, 0.3) is 0 Å². The number of urea groups is 1. The standard InChI is InChI=1S/C17H18F3N3O2/c1-11-3-4-13(12(2)7-11)8-22-16(24)23-14-5-6-15(21-9-14)25-10-17(18,19)20/h3-7,9H,8,10H2,1-2H3,(H2,22,23,24). The minimum atomic E-state index is -4.42. The van der Waals surface area contributed by atoms with Gasteiger partial charge < -0.3 is 15.4 Å². The Hall–Kier alpha value is -2.77. The first kappa shape index (κ1) is 18.6. The van der Waals surface area contributed by atoms with E-state index in [1.54, 1.807) is 0 Å². The van der Waals surface area contributed by atoms with Crippen LogP contribution in [0.2, 0.25) is 0 Å². The van der Waals surface area contributed by atoms with Gasteiger partial charge in [0.1, 0.15) is 0 Å². The zero-order valence-electron chi connectivity index (χ0n) is 13.8. The van der Waals surface area contributed by atoms with E-state index >= 15 is 0 Å². The number of nitrogens with zero attached hydrogens (tertiary/aromatic N) is 1. The highest BCUT2D eigenvalue weighted by Crippen LogP contribution is 2.18. The van der Waals surface area contributed by atoms with E-state index in [4.69, 9.17) is 0 Å². The summed E-state index contributed by atoms with van der Waals surface area (Å²) >= 11 is 0. The highest BCUT2D eigenvalue weighted by Gasteiger charge is 2.28. The first-order valence-corrected chi connectivity index (χ1v) is 7.49. The van der Waals surface area contributed by atoms with Crippen molar-refractivity contribution in [2.24, 2.45) is 0 Å². The van der Waals surface area contributed by atoms with E-state index in [1.807, 2.05) is 32.0 Å². The van der Waals surface area contributed by atoms with Crippen LogP contribution in [0, 0.1) is 13.8 Å². The van der Waals surface area contributed by atoms with E-state index in [0.717, 1.165) is 16.7 Å². The van der Waals surface area contributed by atoms with E-state index in [1.165, 1.54) is 18.3 Å². The molecule has 2 N–H and O–H groups in total. The number of pyridine rings is 1. The summed E-state index contributed by atoms with van der Waals surface area (Å²) < 4.78 is 40.6. The summed E-state index contributed by atoms with van der Waals surface area (Å²) in [5.74, 6) is -0.168. The molecular formula is C17H18F3N3O2. The fourth-order valence-electron chi connectivity index (χ4n) is 2.09. The molecule has 8 heteroatoms. The first-order chi connectivity index (χ1) is 11.7. The molecule has 0 radical (unpaired) electrons. The monoisotopic (exact) mass is 353 g/mol. The van der Waals surface area contributed by atoms with Crippen molar-refractivity contribution in [3.05, 3.63) is 53.2 Å². The van der Waals surface area contributed by atoms with Gasteiger partial charge in [-0.25, -0.2) is 9.78 Å². The smallest absolute Gasteiger partial charge is 0.422 e. The number of alkyl halides is 3. The summed E-state index contributed by atoms with van der Waals surface area (Å²) in [4.78, 5) is 15.6. The molecule has 0 saturated heterocycles. The maximum atomic E-state index is 12.0. The predicted molar refractivity (Wildman–Crippen MR) is 87.6 cm³/mol. The van der Waals surface area contributed by atoms with Crippen molar-refractivity contribution in [2.75, 3.05) is 11.9 Å². The van der Waals surface area contributed by atoms with Crippen LogP contribution in [-0.4, -0.2) is 23.8 Å². The number of carbonyl (C=O) groups excluding carboxylic acids is 1. The number of anilines is 1. The van der Waals surface area contributed by atoms with Crippen LogP contribution >= 0.6 is 0 Å². The van der Waals surface area contributed by atoms with Gasteiger partial charge in [0.15, 0.2) is 6.61 Å². The Balaban J connectivity index is 1.84. The Morgan fingerprint density at radius 3 is 2.56 bits per heavy atom. The van der Waals surface area contributed by atoms with E-state index in [9.17, 15) is 18.0 Å². The third-order valence-corrected chi connectivity index (χ3v) is 3.32. The van der Waals surface area contributed by atoms with Gasteiger partial charge >= 0.3 is 12.2 Å². The molecule has 5 nitrogen and oxygen atoms in total. The van der Waals surface area contributed by atoms with Crippen molar-refractivity contribution >= 4 is 11.7 Å². The Kier molecular flexibility index (Phi) is 5.84. The molecule has 25 heavy (non-hydrogen) atoms. The van der Waals surface area contributed by atoms with Gasteiger partial charge in [-0.3, -0.25) is 0 Å². The molecule has 1 heterocycles. The number of carbonyl (C=O) groups is 1. The number of ether oxygens (including phenoxy) is 1. The largest absolute Gasteiger partial charge is 0.468 e. The van der Waals surface area contributed by atoms with Crippen molar-refractivity contribution in [2.45, 2.75) is 26.6 Å². The third kappa shape index (κ3) is 6.33. The van der Waals surface area contributed by atoms with Gasteiger partial charge in [0, 0.05) is 12.6 Å². The summed E-state index contributed by atoms with van der Waals surface area (Å²) in [6.07, 6.45) is -3.20. The second-order valence-electron chi connectivity index (χ2n) is 5.53. The highest BCUT2D eigenvalue weighted by atomic mass is 19.4. The van der Waals surface area contributed by atoms with Crippen LogP contribution in [0.15, 0.2) is 36.5 Å². The molecule has 0 saturated carbocycles. The Morgan fingerprint density at radius 2 is 1.96 bits per heavy atom. The predicted octanol–water partition coefficient (Wildman–Crippen LogP) is 3.96. The number of aromatic nitrogens is 1. The minimum absolute atomic E-state index is 0.168. The first-order valence-electron chi connectivity index (χ1n) is 7.49. The quantitative estimate of drug-likeness (QED) is 0.855. The van der Waals surface area contributed by atoms with Crippen LogP contribution in [0.1, 0.15) is 16.7 Å². The summed E-state index contributed by atoms with van der Waals surface area (Å²) in [7, 11) is 0. The lowest BCUT2D eigenvalue weighted by Crippen LogP contribution is -2.28. The van der Waals surface area contributed by atoms with Crippen molar-refractivity contribution in [1.82, 2.24) is 10.3 Å². The molecule has 0 bridgehead atoms. The maximum absolute atomic E-state index is 12.0. The van der Waals surface area contributed by atoms with E-state index < -0.39 is 18.8 Å². The van der Waals surface area contributed by atoms with Gasteiger partial charge in [0.25, 0.3) is 0 Å². The van der Waals surface area contributed by atoms with Crippen molar-refractivity contribution < 1.29 is 22.7 Å². The zero-order chi connectivity index (χ0) is 18.4. The molecule has 0 atom stereocenters. The summed E-state index contributed by atoms with van der Waals surface area (Å²) in [5.41, 5.74) is 3.56. The highest BCUT2D eigenvalue weighted by molar-refractivity contribution is 5.89. The molecule has 0 spiro atoms. The van der Waals surface area contributed by atoms with Gasteiger partial charge in [-0.15, -0.1) is 0 Å². The number of halogens is 3. The molecule has 0 fully saturated rings. The summed E-state index contributed by atoms with van der Waals surface area (Å²) in [6.45, 7) is 2.90. The molecule has 134 valence electrons. The van der Waals surface area contributed by atoms with Crippen LogP contribution in [0.5, 0.6) is 5.88 Å². The fourth-order valence-corrected chi connectivity index (χ4v) is 2.09. The number of benzene rings is 1. The van der Waals surface area contributed by atoms with Crippen LogP contribution in [-0.2, 0) is 6.54 Å². The molecule has 2 rings (SSSR count). The van der Waals surface area contributed by atoms with E-state index in [0.29, 0.717) is 12.2 Å². The van der Waals surface area contributed by atoms with Gasteiger partial charge in [-0.05, 0) is 31.0 Å². The molecule has 0 aliphatic heterocycles. The average molecular weight is 353 g/mol. The summed E-state index contributed by atoms with van der Waals surface area (Å²) in [6, 6.07) is 8.16. The normalized spacial score (nSPS) is 11.1. The second-order valence-corrected chi connectivity index (χ2v) is 5.53.